The smallest absolute Gasteiger partial charge is 0.0431 e. The predicted octanol–water partition coefficient (Wildman–Crippen LogP) is 0.760. The summed E-state index contributed by atoms with van der Waals surface area (Å²) in [5.74, 6) is 2.60. The lowest BCUT2D eigenvalue weighted by Gasteiger charge is -2.09. The highest BCUT2D eigenvalue weighted by Crippen LogP contribution is 1.89. The van der Waals surface area contributed by atoms with Crippen molar-refractivity contribution in [2.45, 2.75) is 32.2 Å². The molecule has 0 heterocycles. The van der Waals surface area contributed by atoms with E-state index in [2.05, 4.69) is 18.2 Å². The van der Waals surface area contributed by atoms with E-state index in [1.165, 1.54) is 0 Å². The molecule has 64 valence electrons. The van der Waals surface area contributed by atoms with Crippen LogP contribution in [0.5, 0.6) is 0 Å². The Hall–Kier alpha value is -0.520. The van der Waals surface area contributed by atoms with Crippen molar-refractivity contribution in [3.8, 4) is 12.3 Å². The summed E-state index contributed by atoms with van der Waals surface area (Å²) in [4.78, 5) is 0. The second kappa shape index (κ2) is 7.59. The molecule has 0 saturated heterocycles. The zero-order valence-electron chi connectivity index (χ0n) is 7.14. The van der Waals surface area contributed by atoms with Gasteiger partial charge in [0.1, 0.15) is 0 Å². The minimum absolute atomic E-state index is 0.283. The fourth-order valence-electron chi connectivity index (χ4n) is 0.834. The quantitative estimate of drug-likeness (QED) is 0.438. The van der Waals surface area contributed by atoms with E-state index in [1.807, 2.05) is 0 Å². The van der Waals surface area contributed by atoms with Crippen molar-refractivity contribution in [3.05, 3.63) is 0 Å². The van der Waals surface area contributed by atoms with Crippen LogP contribution < -0.4 is 5.32 Å². The van der Waals surface area contributed by atoms with Gasteiger partial charge in [0.15, 0.2) is 0 Å². The van der Waals surface area contributed by atoms with Crippen LogP contribution in [-0.4, -0.2) is 24.3 Å². The molecule has 2 nitrogen and oxygen atoms in total. The Morgan fingerprint density at radius 1 is 1.55 bits per heavy atom. The first kappa shape index (κ1) is 10.5. The molecular weight excluding hydrogens is 138 g/mol. The van der Waals surface area contributed by atoms with Crippen molar-refractivity contribution in [2.75, 3.05) is 13.2 Å². The first-order valence-corrected chi connectivity index (χ1v) is 4.09. The van der Waals surface area contributed by atoms with E-state index in [4.69, 9.17) is 11.5 Å². The molecule has 0 rings (SSSR count). The molecule has 0 radical (unpaired) electrons. The van der Waals surface area contributed by atoms with Gasteiger partial charge in [-0.2, -0.15) is 0 Å². The third-order valence-electron chi connectivity index (χ3n) is 1.50. The van der Waals surface area contributed by atoms with Crippen LogP contribution in [0.3, 0.4) is 0 Å². The van der Waals surface area contributed by atoms with Crippen LogP contribution in [0.1, 0.15) is 26.2 Å². The van der Waals surface area contributed by atoms with Crippen molar-refractivity contribution in [3.63, 3.8) is 0 Å². The van der Waals surface area contributed by atoms with E-state index in [-0.39, 0.29) is 6.61 Å². The standard InChI is InChI=1S/C9H17NO/c1-3-6-9(2)10-7-4-5-8-11/h1,9-11H,4-8H2,2H3. The van der Waals surface area contributed by atoms with Gasteiger partial charge in [0.25, 0.3) is 0 Å². The number of aliphatic hydroxyl groups is 1. The van der Waals surface area contributed by atoms with Crippen molar-refractivity contribution < 1.29 is 5.11 Å². The molecule has 2 heteroatoms. The molecular formula is C9H17NO. The van der Waals surface area contributed by atoms with Gasteiger partial charge in [-0.15, -0.1) is 12.3 Å². The summed E-state index contributed by atoms with van der Waals surface area (Å²) in [6.07, 6.45) is 7.80. The van der Waals surface area contributed by atoms with Gasteiger partial charge in [-0.3, -0.25) is 0 Å². The van der Waals surface area contributed by atoms with Gasteiger partial charge in [0.2, 0.25) is 0 Å². The van der Waals surface area contributed by atoms with Crippen LogP contribution >= 0.6 is 0 Å². The zero-order valence-corrected chi connectivity index (χ0v) is 7.14. The summed E-state index contributed by atoms with van der Waals surface area (Å²) in [6.45, 7) is 3.30. The van der Waals surface area contributed by atoms with Gasteiger partial charge >= 0.3 is 0 Å². The predicted molar refractivity (Wildman–Crippen MR) is 47.2 cm³/mol. The van der Waals surface area contributed by atoms with E-state index in [0.717, 1.165) is 25.8 Å². The number of unbranched alkanes of at least 4 members (excludes halogenated alkanes) is 1. The molecule has 0 spiro atoms. The lowest BCUT2D eigenvalue weighted by atomic mass is 10.2. The molecule has 0 saturated carbocycles. The van der Waals surface area contributed by atoms with Gasteiger partial charge < -0.3 is 10.4 Å². The fraction of sp³-hybridized carbons (Fsp3) is 0.778. The van der Waals surface area contributed by atoms with E-state index >= 15 is 0 Å². The van der Waals surface area contributed by atoms with E-state index < -0.39 is 0 Å². The Bertz CT molecular complexity index is 117. The number of nitrogens with one attached hydrogen (secondary N) is 1. The molecule has 1 atom stereocenters. The molecule has 0 aliphatic heterocycles. The van der Waals surface area contributed by atoms with Crippen LogP contribution in [0.15, 0.2) is 0 Å². The van der Waals surface area contributed by atoms with E-state index in [1.54, 1.807) is 0 Å². The lowest BCUT2D eigenvalue weighted by molar-refractivity contribution is 0.283. The summed E-state index contributed by atoms with van der Waals surface area (Å²) in [5, 5.41) is 11.7. The molecule has 0 fully saturated rings. The maximum atomic E-state index is 8.47. The van der Waals surface area contributed by atoms with Crippen molar-refractivity contribution >= 4 is 0 Å². The van der Waals surface area contributed by atoms with Crippen LogP contribution in [0.4, 0.5) is 0 Å². The Morgan fingerprint density at radius 3 is 2.82 bits per heavy atom. The largest absolute Gasteiger partial charge is 0.396 e. The third kappa shape index (κ3) is 7.38. The Kier molecular flexibility index (Phi) is 7.23. The maximum Gasteiger partial charge on any atom is 0.0431 e. The molecule has 0 bridgehead atoms. The lowest BCUT2D eigenvalue weighted by Crippen LogP contribution is -2.26. The number of hydrogen-bond donors (Lipinski definition) is 2. The van der Waals surface area contributed by atoms with Crippen LogP contribution in [0, 0.1) is 12.3 Å². The second-order valence-corrected chi connectivity index (χ2v) is 2.69. The van der Waals surface area contributed by atoms with Gasteiger partial charge in [-0.25, -0.2) is 0 Å². The fourth-order valence-corrected chi connectivity index (χ4v) is 0.834. The molecule has 11 heavy (non-hydrogen) atoms. The molecule has 2 N–H and O–H groups in total. The van der Waals surface area contributed by atoms with Gasteiger partial charge in [0.05, 0.1) is 0 Å². The summed E-state index contributed by atoms with van der Waals surface area (Å²) >= 11 is 0. The Balaban J connectivity index is 3.05. The molecule has 0 amide bonds. The molecule has 0 aliphatic carbocycles. The Morgan fingerprint density at radius 2 is 2.27 bits per heavy atom. The topological polar surface area (TPSA) is 32.3 Å². The highest BCUT2D eigenvalue weighted by atomic mass is 16.2. The molecule has 0 aliphatic rings. The second-order valence-electron chi connectivity index (χ2n) is 2.69. The third-order valence-corrected chi connectivity index (χ3v) is 1.50. The normalized spacial score (nSPS) is 12.5. The van der Waals surface area contributed by atoms with Crippen molar-refractivity contribution in [1.82, 2.24) is 5.32 Å². The molecule has 0 aromatic carbocycles. The number of terminal acetylenes is 1. The minimum Gasteiger partial charge on any atom is -0.396 e. The number of hydrogen-bond acceptors (Lipinski definition) is 2. The maximum absolute atomic E-state index is 8.47. The first-order chi connectivity index (χ1) is 5.31. The summed E-state index contributed by atoms with van der Waals surface area (Å²) in [6, 6.07) is 0.402. The van der Waals surface area contributed by atoms with Crippen LogP contribution in [0.25, 0.3) is 0 Å². The monoisotopic (exact) mass is 155 g/mol. The van der Waals surface area contributed by atoms with Gasteiger partial charge in [-0.05, 0) is 26.3 Å². The average molecular weight is 155 g/mol. The zero-order chi connectivity index (χ0) is 8.53. The van der Waals surface area contributed by atoms with Crippen molar-refractivity contribution in [1.29, 1.82) is 0 Å². The van der Waals surface area contributed by atoms with E-state index in [0.29, 0.717) is 6.04 Å². The SMILES string of the molecule is C#CCC(C)NCCCCO. The highest BCUT2D eigenvalue weighted by molar-refractivity contribution is 4.87. The number of aliphatic hydroxyl groups excluding tert-OH is 1. The van der Waals surface area contributed by atoms with Crippen molar-refractivity contribution in [2.24, 2.45) is 0 Å². The molecule has 0 aromatic heterocycles. The summed E-state index contributed by atoms with van der Waals surface area (Å²) in [7, 11) is 0. The summed E-state index contributed by atoms with van der Waals surface area (Å²) < 4.78 is 0. The van der Waals surface area contributed by atoms with Gasteiger partial charge in [-0.1, -0.05) is 0 Å². The van der Waals surface area contributed by atoms with E-state index in [9.17, 15) is 0 Å². The number of rotatable bonds is 6. The molecule has 1 unspecified atom stereocenters. The molecule has 0 aromatic rings. The first-order valence-electron chi connectivity index (χ1n) is 4.09. The average Bonchev–Trinajstić information content (AvgIpc) is 1.99. The van der Waals surface area contributed by atoms with Crippen LogP contribution in [0.2, 0.25) is 0 Å². The summed E-state index contributed by atoms with van der Waals surface area (Å²) in [5.41, 5.74) is 0. The minimum atomic E-state index is 0.283. The highest BCUT2D eigenvalue weighted by Gasteiger charge is 1.96. The Labute approximate surface area is 69.0 Å². The van der Waals surface area contributed by atoms with Crippen LogP contribution in [-0.2, 0) is 0 Å². The van der Waals surface area contributed by atoms with Gasteiger partial charge in [0, 0.05) is 19.1 Å².